The molecule has 0 fully saturated rings. The number of methoxy groups -OCH3 is 1. The van der Waals surface area contributed by atoms with E-state index in [0.717, 1.165) is 16.9 Å². The summed E-state index contributed by atoms with van der Waals surface area (Å²) in [5.41, 5.74) is 5.26. The van der Waals surface area contributed by atoms with Crippen molar-refractivity contribution in [2.24, 2.45) is 5.10 Å². The summed E-state index contributed by atoms with van der Waals surface area (Å²) in [5.74, 6) is -0.873. The van der Waals surface area contributed by atoms with Crippen LogP contribution in [0.25, 0.3) is 0 Å². The van der Waals surface area contributed by atoms with Crippen molar-refractivity contribution in [3.8, 4) is 5.75 Å². The fourth-order valence-corrected chi connectivity index (χ4v) is 1.91. The topological polar surface area (TPSA) is 79.8 Å². The minimum Gasteiger partial charge on any atom is -0.497 e. The van der Waals surface area contributed by atoms with E-state index in [1.54, 1.807) is 38.3 Å². The third-order valence-electron chi connectivity index (χ3n) is 3.35. The van der Waals surface area contributed by atoms with Crippen LogP contribution in [0.15, 0.2) is 53.6 Å². The number of ether oxygens (including phenoxy) is 1. The van der Waals surface area contributed by atoms with Crippen molar-refractivity contribution in [3.05, 3.63) is 59.7 Å². The van der Waals surface area contributed by atoms with Crippen molar-refractivity contribution in [2.45, 2.75) is 13.8 Å². The number of hydrogen-bond donors (Lipinski definition) is 2. The van der Waals surface area contributed by atoms with Crippen molar-refractivity contribution in [2.75, 3.05) is 12.4 Å². The van der Waals surface area contributed by atoms with Crippen molar-refractivity contribution in [1.82, 2.24) is 5.43 Å². The molecule has 0 aromatic heterocycles. The number of aryl methyl sites for hydroxylation is 1. The molecular weight excluding hydrogens is 306 g/mol. The van der Waals surface area contributed by atoms with Crippen LogP contribution in [0.4, 0.5) is 5.69 Å². The Morgan fingerprint density at radius 1 is 0.958 bits per heavy atom. The minimum absolute atomic E-state index is 0.552. The maximum Gasteiger partial charge on any atom is 0.329 e. The summed E-state index contributed by atoms with van der Waals surface area (Å²) in [4.78, 5) is 23.6. The molecule has 124 valence electrons. The number of anilines is 1. The summed E-state index contributed by atoms with van der Waals surface area (Å²) < 4.78 is 5.08. The van der Waals surface area contributed by atoms with Crippen molar-refractivity contribution < 1.29 is 14.3 Å². The van der Waals surface area contributed by atoms with Gasteiger partial charge in [0.1, 0.15) is 5.75 Å². The van der Waals surface area contributed by atoms with E-state index in [1.807, 2.05) is 31.2 Å². The van der Waals surface area contributed by atoms with Gasteiger partial charge in [0.2, 0.25) is 0 Å². The van der Waals surface area contributed by atoms with E-state index in [-0.39, 0.29) is 0 Å². The third kappa shape index (κ3) is 4.67. The summed E-state index contributed by atoms with van der Waals surface area (Å²) in [6.45, 7) is 3.68. The highest BCUT2D eigenvalue weighted by Gasteiger charge is 2.13. The molecule has 0 spiro atoms. The number of hydrogen-bond acceptors (Lipinski definition) is 4. The first-order valence-corrected chi connectivity index (χ1v) is 7.36. The van der Waals surface area contributed by atoms with E-state index in [1.165, 1.54) is 0 Å². The number of carbonyl (C=O) groups excluding carboxylic acids is 2. The quantitative estimate of drug-likeness (QED) is 0.515. The molecule has 2 amide bonds. The van der Waals surface area contributed by atoms with Crippen LogP contribution in [-0.2, 0) is 9.59 Å². The molecule has 0 bridgehead atoms. The average Bonchev–Trinajstić information content (AvgIpc) is 2.61. The SMILES string of the molecule is COc1ccc(/C(C)=N/NC(=O)C(=O)Nc2ccc(C)cc2)cc1. The third-order valence-corrected chi connectivity index (χ3v) is 3.35. The molecule has 0 saturated heterocycles. The molecule has 0 atom stereocenters. The predicted molar refractivity (Wildman–Crippen MR) is 93.2 cm³/mol. The molecule has 6 heteroatoms. The minimum atomic E-state index is -0.830. The lowest BCUT2D eigenvalue weighted by atomic mass is 10.1. The van der Waals surface area contributed by atoms with Gasteiger partial charge in [-0.15, -0.1) is 0 Å². The maximum atomic E-state index is 11.8. The maximum absolute atomic E-state index is 11.8. The van der Waals surface area contributed by atoms with E-state index in [4.69, 9.17) is 4.74 Å². The van der Waals surface area contributed by atoms with Gasteiger partial charge in [-0.25, -0.2) is 5.43 Å². The zero-order chi connectivity index (χ0) is 17.5. The van der Waals surface area contributed by atoms with Crippen molar-refractivity contribution >= 4 is 23.2 Å². The second-order valence-corrected chi connectivity index (χ2v) is 5.19. The van der Waals surface area contributed by atoms with Crippen LogP contribution < -0.4 is 15.5 Å². The van der Waals surface area contributed by atoms with Gasteiger partial charge in [-0.1, -0.05) is 17.7 Å². The lowest BCUT2D eigenvalue weighted by Gasteiger charge is -2.06. The number of carbonyl (C=O) groups is 2. The van der Waals surface area contributed by atoms with Crippen LogP contribution in [-0.4, -0.2) is 24.6 Å². The standard InChI is InChI=1S/C18H19N3O3/c1-12-4-8-15(9-5-12)19-17(22)18(23)21-20-13(2)14-6-10-16(24-3)11-7-14/h4-11H,1-3H3,(H,19,22)(H,21,23)/b20-13+. The van der Waals surface area contributed by atoms with E-state index >= 15 is 0 Å². The summed E-state index contributed by atoms with van der Waals surface area (Å²) in [5, 5.41) is 6.45. The molecule has 2 rings (SSSR count). The van der Waals surface area contributed by atoms with Gasteiger partial charge in [-0.05, 0) is 55.8 Å². The molecule has 0 saturated carbocycles. The number of benzene rings is 2. The number of amides is 2. The van der Waals surface area contributed by atoms with Gasteiger partial charge in [-0.3, -0.25) is 9.59 Å². The Morgan fingerprint density at radius 3 is 2.17 bits per heavy atom. The normalized spacial score (nSPS) is 10.9. The van der Waals surface area contributed by atoms with Crippen LogP contribution in [0.3, 0.4) is 0 Å². The second kappa shape index (κ2) is 7.92. The van der Waals surface area contributed by atoms with Crippen LogP contribution in [0.2, 0.25) is 0 Å². The van der Waals surface area contributed by atoms with Crippen LogP contribution >= 0.6 is 0 Å². The monoisotopic (exact) mass is 325 g/mol. The molecule has 0 aliphatic rings. The molecule has 2 aromatic rings. The Labute approximate surface area is 140 Å². The van der Waals surface area contributed by atoms with Crippen LogP contribution in [0.1, 0.15) is 18.1 Å². The number of nitrogens with zero attached hydrogens (tertiary/aromatic N) is 1. The average molecular weight is 325 g/mol. The van der Waals surface area contributed by atoms with Crippen LogP contribution in [0.5, 0.6) is 5.75 Å². The van der Waals surface area contributed by atoms with Gasteiger partial charge in [0.25, 0.3) is 0 Å². The molecule has 0 aliphatic heterocycles. The number of rotatable bonds is 4. The number of hydrazone groups is 1. The van der Waals surface area contributed by atoms with Gasteiger partial charge in [0.15, 0.2) is 0 Å². The van der Waals surface area contributed by atoms with E-state index in [9.17, 15) is 9.59 Å². The lowest BCUT2D eigenvalue weighted by molar-refractivity contribution is -0.136. The molecule has 24 heavy (non-hydrogen) atoms. The first-order chi connectivity index (χ1) is 11.5. The molecular formula is C18H19N3O3. The fourth-order valence-electron chi connectivity index (χ4n) is 1.91. The van der Waals surface area contributed by atoms with Gasteiger partial charge in [0.05, 0.1) is 12.8 Å². The zero-order valence-electron chi connectivity index (χ0n) is 13.8. The van der Waals surface area contributed by atoms with Crippen LogP contribution in [0, 0.1) is 6.92 Å². The lowest BCUT2D eigenvalue weighted by Crippen LogP contribution is -2.32. The highest BCUT2D eigenvalue weighted by Crippen LogP contribution is 2.12. The molecule has 0 aliphatic carbocycles. The molecule has 6 nitrogen and oxygen atoms in total. The Bertz CT molecular complexity index is 750. The smallest absolute Gasteiger partial charge is 0.329 e. The Kier molecular flexibility index (Phi) is 5.68. The first kappa shape index (κ1) is 17.2. The van der Waals surface area contributed by atoms with Gasteiger partial charge >= 0.3 is 11.8 Å². The van der Waals surface area contributed by atoms with Crippen molar-refractivity contribution in [1.29, 1.82) is 0 Å². The Morgan fingerprint density at radius 2 is 1.58 bits per heavy atom. The molecule has 0 unspecified atom stereocenters. The van der Waals surface area contributed by atoms with Gasteiger partial charge in [0, 0.05) is 5.69 Å². The molecule has 0 radical (unpaired) electrons. The summed E-state index contributed by atoms with van der Waals surface area (Å²) in [6, 6.07) is 14.4. The number of nitrogens with one attached hydrogen (secondary N) is 2. The summed E-state index contributed by atoms with van der Waals surface area (Å²) >= 11 is 0. The highest BCUT2D eigenvalue weighted by molar-refractivity contribution is 6.39. The van der Waals surface area contributed by atoms with Gasteiger partial charge in [-0.2, -0.15) is 5.10 Å². The molecule has 2 aromatic carbocycles. The summed E-state index contributed by atoms with van der Waals surface area (Å²) in [7, 11) is 1.59. The predicted octanol–water partition coefficient (Wildman–Crippen LogP) is 2.48. The van der Waals surface area contributed by atoms with Crippen molar-refractivity contribution in [3.63, 3.8) is 0 Å². The Balaban J connectivity index is 1.94. The van der Waals surface area contributed by atoms with E-state index in [0.29, 0.717) is 11.4 Å². The Hall–Kier alpha value is -3.15. The zero-order valence-corrected chi connectivity index (χ0v) is 13.8. The molecule has 0 heterocycles. The van der Waals surface area contributed by atoms with Gasteiger partial charge < -0.3 is 10.1 Å². The second-order valence-electron chi connectivity index (χ2n) is 5.19. The highest BCUT2D eigenvalue weighted by atomic mass is 16.5. The van der Waals surface area contributed by atoms with E-state index in [2.05, 4.69) is 15.8 Å². The summed E-state index contributed by atoms with van der Waals surface area (Å²) in [6.07, 6.45) is 0. The van der Waals surface area contributed by atoms with E-state index < -0.39 is 11.8 Å². The fraction of sp³-hybridized carbons (Fsp3) is 0.167. The molecule has 2 N–H and O–H groups in total. The first-order valence-electron chi connectivity index (χ1n) is 7.36. The largest absolute Gasteiger partial charge is 0.497 e.